The van der Waals surface area contributed by atoms with Gasteiger partial charge < -0.3 is 14.1 Å². The second kappa shape index (κ2) is 6.98. The predicted molar refractivity (Wildman–Crippen MR) is 84.4 cm³/mol. The van der Waals surface area contributed by atoms with E-state index in [4.69, 9.17) is 9.15 Å². The first-order valence-corrected chi connectivity index (χ1v) is 7.91. The maximum Gasteiger partial charge on any atom is 0.342 e. The Morgan fingerprint density at radius 2 is 1.87 bits per heavy atom. The van der Waals surface area contributed by atoms with Crippen LogP contribution in [0, 0.1) is 13.8 Å². The van der Waals surface area contributed by atoms with Gasteiger partial charge in [0.2, 0.25) is 0 Å². The van der Waals surface area contributed by atoms with E-state index in [2.05, 4.69) is 0 Å². The molecular weight excluding hydrogens is 298 g/mol. The number of hydrogen-bond donors (Lipinski definition) is 0. The van der Waals surface area contributed by atoms with Crippen molar-refractivity contribution in [3.05, 3.63) is 33.4 Å². The molecular formula is C17H23NO5. The van der Waals surface area contributed by atoms with Crippen molar-refractivity contribution in [3.63, 3.8) is 0 Å². The van der Waals surface area contributed by atoms with Crippen LogP contribution in [0.25, 0.3) is 0 Å². The molecule has 1 saturated heterocycles. The normalized spacial score (nSPS) is 21.1. The van der Waals surface area contributed by atoms with E-state index in [-0.39, 0.29) is 35.9 Å². The van der Waals surface area contributed by atoms with Crippen LogP contribution in [0.15, 0.2) is 15.3 Å². The SMILES string of the molecule is Cc1cc(=O)oc(C)c1C(=O)OCC(=O)N1C(C)CCCC1C. The van der Waals surface area contributed by atoms with Gasteiger partial charge in [0.15, 0.2) is 6.61 Å². The van der Waals surface area contributed by atoms with E-state index in [1.54, 1.807) is 11.8 Å². The van der Waals surface area contributed by atoms with Crippen LogP contribution in [0.4, 0.5) is 0 Å². The first kappa shape index (κ1) is 17.2. The second-order valence-electron chi connectivity index (χ2n) is 6.19. The van der Waals surface area contributed by atoms with E-state index < -0.39 is 11.6 Å². The summed E-state index contributed by atoms with van der Waals surface area (Å²) in [5, 5.41) is 0. The highest BCUT2D eigenvalue weighted by Gasteiger charge is 2.29. The molecule has 2 rings (SSSR count). The van der Waals surface area contributed by atoms with Crippen molar-refractivity contribution in [3.8, 4) is 0 Å². The van der Waals surface area contributed by atoms with Gasteiger partial charge in [0.25, 0.3) is 5.91 Å². The number of amides is 1. The van der Waals surface area contributed by atoms with Crippen molar-refractivity contribution >= 4 is 11.9 Å². The Morgan fingerprint density at radius 3 is 2.43 bits per heavy atom. The quantitative estimate of drug-likeness (QED) is 0.798. The van der Waals surface area contributed by atoms with E-state index in [1.807, 2.05) is 13.8 Å². The fourth-order valence-electron chi connectivity index (χ4n) is 3.25. The highest BCUT2D eigenvalue weighted by molar-refractivity contribution is 5.93. The highest BCUT2D eigenvalue weighted by Crippen LogP contribution is 2.22. The van der Waals surface area contributed by atoms with Gasteiger partial charge in [-0.2, -0.15) is 0 Å². The van der Waals surface area contributed by atoms with Crippen molar-refractivity contribution in [2.24, 2.45) is 0 Å². The number of likely N-dealkylation sites (tertiary alicyclic amines) is 1. The van der Waals surface area contributed by atoms with Crippen molar-refractivity contribution < 1.29 is 18.7 Å². The predicted octanol–water partition coefficient (Wildman–Crippen LogP) is 2.20. The number of nitrogens with zero attached hydrogens (tertiary/aromatic N) is 1. The molecule has 1 aromatic rings. The first-order valence-electron chi connectivity index (χ1n) is 7.91. The number of piperidine rings is 1. The van der Waals surface area contributed by atoms with Crippen LogP contribution in [0.1, 0.15) is 54.8 Å². The summed E-state index contributed by atoms with van der Waals surface area (Å²) in [5.74, 6) is -0.632. The Balaban J connectivity index is 2.04. The number of esters is 1. The smallest absolute Gasteiger partial charge is 0.342 e. The summed E-state index contributed by atoms with van der Waals surface area (Å²) in [5.41, 5.74) is 0.177. The molecule has 0 N–H and O–H groups in total. The maximum atomic E-state index is 12.4. The molecule has 0 spiro atoms. The summed E-state index contributed by atoms with van der Waals surface area (Å²) in [6.45, 7) is 6.88. The number of ether oxygens (including phenoxy) is 1. The zero-order valence-corrected chi connectivity index (χ0v) is 14.0. The second-order valence-corrected chi connectivity index (χ2v) is 6.19. The summed E-state index contributed by atoms with van der Waals surface area (Å²) < 4.78 is 10.1. The van der Waals surface area contributed by atoms with Crippen LogP contribution >= 0.6 is 0 Å². The summed E-state index contributed by atoms with van der Waals surface area (Å²) in [6.07, 6.45) is 3.03. The third-order valence-corrected chi connectivity index (χ3v) is 4.35. The van der Waals surface area contributed by atoms with Gasteiger partial charge in [-0.25, -0.2) is 9.59 Å². The van der Waals surface area contributed by atoms with Gasteiger partial charge in [-0.15, -0.1) is 0 Å². The number of carbonyl (C=O) groups excluding carboxylic acids is 2. The molecule has 2 unspecified atom stereocenters. The summed E-state index contributed by atoms with van der Waals surface area (Å²) in [6, 6.07) is 1.55. The van der Waals surface area contributed by atoms with Gasteiger partial charge in [0.1, 0.15) is 11.3 Å². The third-order valence-electron chi connectivity index (χ3n) is 4.35. The van der Waals surface area contributed by atoms with Crippen molar-refractivity contribution in [2.75, 3.05) is 6.61 Å². The van der Waals surface area contributed by atoms with E-state index in [9.17, 15) is 14.4 Å². The van der Waals surface area contributed by atoms with Gasteiger partial charge in [-0.05, 0) is 52.5 Å². The van der Waals surface area contributed by atoms with Crippen LogP contribution < -0.4 is 5.63 Å². The fourth-order valence-corrected chi connectivity index (χ4v) is 3.25. The van der Waals surface area contributed by atoms with E-state index in [0.29, 0.717) is 5.56 Å². The van der Waals surface area contributed by atoms with Gasteiger partial charge in [-0.1, -0.05) is 0 Å². The van der Waals surface area contributed by atoms with Crippen LogP contribution in [-0.2, 0) is 9.53 Å². The molecule has 1 aliphatic rings. The highest BCUT2D eigenvalue weighted by atomic mass is 16.5. The molecule has 1 fully saturated rings. The van der Waals surface area contributed by atoms with Crippen LogP contribution in [-0.4, -0.2) is 35.5 Å². The van der Waals surface area contributed by atoms with Crippen molar-refractivity contribution in [2.45, 2.75) is 59.0 Å². The van der Waals surface area contributed by atoms with E-state index in [1.165, 1.54) is 13.0 Å². The van der Waals surface area contributed by atoms with Gasteiger partial charge in [-0.3, -0.25) is 4.79 Å². The van der Waals surface area contributed by atoms with Gasteiger partial charge in [0, 0.05) is 18.2 Å². The molecule has 23 heavy (non-hydrogen) atoms. The van der Waals surface area contributed by atoms with Crippen molar-refractivity contribution in [1.29, 1.82) is 0 Å². The third kappa shape index (κ3) is 3.81. The van der Waals surface area contributed by atoms with Crippen LogP contribution in [0.3, 0.4) is 0 Å². The molecule has 0 radical (unpaired) electrons. The fraction of sp³-hybridized carbons (Fsp3) is 0.588. The molecule has 1 aliphatic heterocycles. The topological polar surface area (TPSA) is 76.8 Å². The molecule has 2 atom stereocenters. The minimum Gasteiger partial charge on any atom is -0.452 e. The number of aryl methyl sites for hydroxylation is 2. The number of hydrogen-bond acceptors (Lipinski definition) is 5. The lowest BCUT2D eigenvalue weighted by Gasteiger charge is -2.38. The molecule has 1 amide bonds. The number of rotatable bonds is 3. The molecule has 6 heteroatoms. The molecule has 0 aromatic carbocycles. The summed E-state index contributed by atoms with van der Waals surface area (Å²) >= 11 is 0. The van der Waals surface area contributed by atoms with E-state index in [0.717, 1.165) is 19.3 Å². The van der Waals surface area contributed by atoms with Crippen LogP contribution in [0.2, 0.25) is 0 Å². The molecule has 6 nitrogen and oxygen atoms in total. The average Bonchev–Trinajstić information content (AvgIpc) is 2.43. The summed E-state index contributed by atoms with van der Waals surface area (Å²) in [7, 11) is 0. The molecule has 2 heterocycles. The Kier molecular flexibility index (Phi) is 5.23. The molecule has 0 aliphatic carbocycles. The lowest BCUT2D eigenvalue weighted by Crippen LogP contribution is -2.49. The lowest BCUT2D eigenvalue weighted by atomic mass is 9.97. The van der Waals surface area contributed by atoms with Crippen LogP contribution in [0.5, 0.6) is 0 Å². The van der Waals surface area contributed by atoms with E-state index >= 15 is 0 Å². The molecule has 126 valence electrons. The largest absolute Gasteiger partial charge is 0.452 e. The molecule has 0 bridgehead atoms. The monoisotopic (exact) mass is 321 g/mol. The standard InChI is InChI=1S/C17H23NO5/c1-10-8-15(20)23-13(4)16(10)17(21)22-9-14(19)18-11(2)6-5-7-12(18)3/h8,11-12H,5-7,9H2,1-4H3. The number of carbonyl (C=O) groups is 2. The Hall–Kier alpha value is -2.11. The Bertz CT molecular complexity index is 627. The maximum absolute atomic E-state index is 12.4. The molecule has 1 aromatic heterocycles. The minimum absolute atomic E-state index is 0.156. The zero-order chi connectivity index (χ0) is 17.1. The zero-order valence-electron chi connectivity index (χ0n) is 14.0. The van der Waals surface area contributed by atoms with Crippen molar-refractivity contribution in [1.82, 2.24) is 4.90 Å². The van der Waals surface area contributed by atoms with Gasteiger partial charge in [0.05, 0.1) is 0 Å². The molecule has 0 saturated carbocycles. The summed E-state index contributed by atoms with van der Waals surface area (Å²) in [4.78, 5) is 37.6. The lowest BCUT2D eigenvalue weighted by molar-refractivity contribution is -0.140. The first-order chi connectivity index (χ1) is 10.8. The average molecular weight is 321 g/mol. The van der Waals surface area contributed by atoms with Gasteiger partial charge >= 0.3 is 11.6 Å². The minimum atomic E-state index is -0.644. The Labute approximate surface area is 135 Å². The Morgan fingerprint density at radius 1 is 1.26 bits per heavy atom.